The van der Waals surface area contributed by atoms with Crippen LogP contribution in [0.2, 0.25) is 0 Å². The minimum atomic E-state index is -0.582. The van der Waals surface area contributed by atoms with Gasteiger partial charge in [-0.2, -0.15) is 0 Å². The third-order valence-electron chi connectivity index (χ3n) is 9.99. The van der Waals surface area contributed by atoms with Gasteiger partial charge in [-0.3, -0.25) is 19.6 Å². The summed E-state index contributed by atoms with van der Waals surface area (Å²) in [7, 11) is 1.42. The summed E-state index contributed by atoms with van der Waals surface area (Å²) in [6.45, 7) is 13.0. The molecule has 2 aromatic heterocycles. The molecule has 2 aromatic rings. The second kappa shape index (κ2) is 9.86. The van der Waals surface area contributed by atoms with Crippen molar-refractivity contribution in [2.45, 2.75) is 79.7 Å². The first kappa shape index (κ1) is 26.7. The lowest BCUT2D eigenvalue weighted by atomic mass is 9.75. The van der Waals surface area contributed by atoms with Crippen molar-refractivity contribution < 1.29 is 14.3 Å². The summed E-state index contributed by atoms with van der Waals surface area (Å²) in [5.41, 5.74) is 10.3. The zero-order chi connectivity index (χ0) is 28.5. The second-order valence-electron chi connectivity index (χ2n) is 12.0. The molecule has 8 bridgehead atoms. The van der Waals surface area contributed by atoms with Gasteiger partial charge in [0.15, 0.2) is 5.78 Å². The molecule has 0 saturated heterocycles. The largest absolute Gasteiger partial charge is 0.468 e. The molecule has 0 radical (unpaired) electrons. The van der Waals surface area contributed by atoms with Crippen LogP contribution in [0.5, 0.6) is 0 Å². The fourth-order valence-corrected chi connectivity index (χ4v) is 7.56. The average molecular weight is 541 g/mol. The van der Waals surface area contributed by atoms with E-state index in [9.17, 15) is 9.59 Å². The first-order valence-corrected chi connectivity index (χ1v) is 14.8. The lowest BCUT2D eigenvalue weighted by molar-refractivity contribution is -0.144. The van der Waals surface area contributed by atoms with Crippen molar-refractivity contribution in [3.05, 3.63) is 55.6 Å². The van der Waals surface area contributed by atoms with E-state index in [0.29, 0.717) is 24.1 Å². The maximum absolute atomic E-state index is 13.6. The lowest BCUT2D eigenvalue weighted by Gasteiger charge is -2.26. The lowest BCUT2D eigenvalue weighted by Crippen LogP contribution is -2.34. The van der Waals surface area contributed by atoms with Crippen molar-refractivity contribution in [1.29, 1.82) is 0 Å². The van der Waals surface area contributed by atoms with E-state index in [2.05, 4.69) is 63.7 Å². The number of aromatic nitrogens is 2. The van der Waals surface area contributed by atoms with Crippen LogP contribution in [-0.2, 0) is 33.6 Å². The number of rotatable bonds is 3. The third kappa shape index (κ3) is 3.92. The molecule has 0 aromatic carbocycles. The molecule has 6 rings (SSSR count). The predicted molar refractivity (Wildman–Crippen MR) is 158 cm³/mol. The van der Waals surface area contributed by atoms with Crippen LogP contribution in [0.1, 0.15) is 74.2 Å². The Morgan fingerprint density at radius 3 is 2.50 bits per heavy atom. The van der Waals surface area contributed by atoms with E-state index in [0.717, 1.165) is 52.8 Å². The van der Waals surface area contributed by atoms with Crippen molar-refractivity contribution in [2.24, 2.45) is 33.7 Å². The van der Waals surface area contributed by atoms with Crippen LogP contribution in [0.15, 0.2) is 21.3 Å². The second-order valence-corrected chi connectivity index (χ2v) is 12.0. The molecule has 7 heteroatoms. The number of fused-ring (bicyclic) bond motifs is 6. The normalized spacial score (nSPS) is 27.3. The Bertz CT molecular complexity index is 1650. The van der Waals surface area contributed by atoms with Gasteiger partial charge in [0.1, 0.15) is 5.92 Å². The van der Waals surface area contributed by atoms with E-state index >= 15 is 0 Å². The number of hydrogen-bond acceptors (Lipinski definition) is 5. The topological polar surface area (TPSA) is 99.7 Å². The Morgan fingerprint density at radius 1 is 1.05 bits per heavy atom. The number of aliphatic imine (C=N–C) groups is 2. The number of carbonyl (C=O) groups is 2. The van der Waals surface area contributed by atoms with E-state index < -0.39 is 5.92 Å². The average Bonchev–Trinajstić information content (AvgIpc) is 3.61. The summed E-state index contributed by atoms with van der Waals surface area (Å²) >= 11 is 0. The maximum Gasteiger partial charge on any atom is 0.315 e. The van der Waals surface area contributed by atoms with Crippen molar-refractivity contribution in [2.75, 3.05) is 7.11 Å². The molecule has 0 fully saturated rings. The van der Waals surface area contributed by atoms with Crippen molar-refractivity contribution >= 4 is 35.3 Å². The summed E-state index contributed by atoms with van der Waals surface area (Å²) in [6, 6.07) is -0.149. The number of ketones is 1. The van der Waals surface area contributed by atoms with Crippen LogP contribution in [-0.4, -0.2) is 46.3 Å². The summed E-state index contributed by atoms with van der Waals surface area (Å²) in [5.74, 6) is -0.670. The van der Waals surface area contributed by atoms with Crippen LogP contribution >= 0.6 is 0 Å². The smallest absolute Gasteiger partial charge is 0.315 e. The summed E-state index contributed by atoms with van der Waals surface area (Å²) < 4.78 is 5.28. The molecular formula is C33H40N4O3. The highest BCUT2D eigenvalue weighted by molar-refractivity contribution is 6.29. The Balaban J connectivity index is 1.67. The summed E-state index contributed by atoms with van der Waals surface area (Å²) in [6.07, 6.45) is 8.12. The van der Waals surface area contributed by atoms with Gasteiger partial charge in [-0.15, -0.1) is 0 Å². The van der Waals surface area contributed by atoms with Crippen LogP contribution in [0.25, 0.3) is 12.2 Å². The molecule has 1 aliphatic carbocycles. The van der Waals surface area contributed by atoms with E-state index in [1.165, 1.54) is 29.4 Å². The van der Waals surface area contributed by atoms with Gasteiger partial charge in [0, 0.05) is 52.5 Å². The van der Waals surface area contributed by atoms with Gasteiger partial charge < -0.3 is 14.7 Å². The predicted octanol–water partition coefficient (Wildman–Crippen LogP) is 3.82. The molecule has 0 saturated carbocycles. The summed E-state index contributed by atoms with van der Waals surface area (Å²) in [5, 5.41) is 2.18. The number of methoxy groups -OCH3 is 1. The molecular weight excluding hydrogens is 500 g/mol. The minimum absolute atomic E-state index is 0.0403. The van der Waals surface area contributed by atoms with Gasteiger partial charge in [-0.05, 0) is 73.4 Å². The number of nitrogens with one attached hydrogen (secondary N) is 2. The number of Topliss-reactive ketones (excluding diaryl/α,β-unsaturated/α-hetero) is 1. The Hall–Kier alpha value is -3.48. The molecule has 3 aliphatic heterocycles. The minimum Gasteiger partial charge on any atom is -0.468 e. The zero-order valence-corrected chi connectivity index (χ0v) is 24.7. The molecule has 210 valence electrons. The molecule has 5 heterocycles. The van der Waals surface area contributed by atoms with Crippen molar-refractivity contribution in [3.8, 4) is 0 Å². The molecule has 5 atom stereocenters. The van der Waals surface area contributed by atoms with Crippen molar-refractivity contribution in [1.82, 2.24) is 9.97 Å². The number of nitrogens with zero attached hydrogens (tertiary/aromatic N) is 2. The SMILES string of the molecule is CCc1c2[nH]c(c1C)C=c1[nH]c(c(C)c1CC)=CC1=NC3=C(C(=O)CC[C@H]3[C@@H]1C)C1=NC(C2)C(C)C1C(=O)OC. The van der Waals surface area contributed by atoms with Gasteiger partial charge >= 0.3 is 5.97 Å². The molecule has 0 spiro atoms. The van der Waals surface area contributed by atoms with Gasteiger partial charge in [0.25, 0.3) is 0 Å². The number of carbonyl (C=O) groups excluding carboxylic acids is 2. The van der Waals surface area contributed by atoms with Crippen LogP contribution in [0, 0.1) is 37.5 Å². The Morgan fingerprint density at radius 2 is 1.80 bits per heavy atom. The highest BCUT2D eigenvalue weighted by Crippen LogP contribution is 2.44. The highest BCUT2D eigenvalue weighted by atomic mass is 16.5. The molecule has 0 amide bonds. The molecule has 7 nitrogen and oxygen atoms in total. The fourth-order valence-electron chi connectivity index (χ4n) is 7.56. The Labute approximate surface area is 235 Å². The molecule has 3 unspecified atom stereocenters. The van der Waals surface area contributed by atoms with Crippen LogP contribution in [0.4, 0.5) is 0 Å². The molecule has 40 heavy (non-hydrogen) atoms. The van der Waals surface area contributed by atoms with Gasteiger partial charge in [0.2, 0.25) is 0 Å². The Kier molecular flexibility index (Phi) is 6.59. The monoisotopic (exact) mass is 540 g/mol. The zero-order valence-electron chi connectivity index (χ0n) is 24.7. The molecule has 2 N–H and O–H groups in total. The van der Waals surface area contributed by atoms with Crippen LogP contribution < -0.4 is 10.7 Å². The highest BCUT2D eigenvalue weighted by Gasteiger charge is 2.48. The van der Waals surface area contributed by atoms with E-state index in [1.54, 1.807) is 0 Å². The standard InChI is InChI=1S/C33H40N4O3/c1-8-19-15(3)22-12-24-17(5)21-10-11-28(38)30(31(21)36-24)32-29(33(39)40-7)18(6)25(37-32)14-27-20(9-2)16(4)23(35-27)13-26(19)34-22/h12-13,17-18,21,25,29,34-35H,8-11,14H2,1-7H3/t17-,18?,21-,25?,29?/m0/s1. The van der Waals surface area contributed by atoms with Crippen molar-refractivity contribution in [3.63, 3.8) is 0 Å². The van der Waals surface area contributed by atoms with Gasteiger partial charge in [-0.25, -0.2) is 0 Å². The quantitative estimate of drug-likeness (QED) is 0.579. The van der Waals surface area contributed by atoms with Gasteiger partial charge in [0.05, 0.1) is 30.1 Å². The number of hydrogen-bond donors (Lipinski definition) is 2. The maximum atomic E-state index is 13.6. The number of esters is 1. The van der Waals surface area contributed by atoms with E-state index in [-0.39, 0.29) is 35.5 Å². The molecule has 4 aliphatic rings. The number of aromatic amines is 2. The van der Waals surface area contributed by atoms with E-state index in [4.69, 9.17) is 14.7 Å². The van der Waals surface area contributed by atoms with Gasteiger partial charge in [-0.1, -0.05) is 27.7 Å². The number of allylic oxidation sites excluding steroid dienone is 2. The fraction of sp³-hybridized carbons (Fsp3) is 0.515. The number of ether oxygens (including phenoxy) is 1. The third-order valence-corrected chi connectivity index (χ3v) is 9.99. The first-order chi connectivity index (χ1) is 19.2. The van der Waals surface area contributed by atoms with E-state index in [1.807, 2.05) is 0 Å². The first-order valence-electron chi connectivity index (χ1n) is 14.8. The number of H-pyrrole nitrogens is 2. The van der Waals surface area contributed by atoms with Crippen LogP contribution in [0.3, 0.4) is 0 Å². The summed E-state index contributed by atoms with van der Waals surface area (Å²) in [4.78, 5) is 44.5.